The lowest BCUT2D eigenvalue weighted by atomic mass is 9.58. The standard InChI is InChI=1S/C31H30N2O2/c34-27-11-4-3-10-25(27)31-32-26(18-28(33-31)35-22-8-1-2-9-22)23-16-14-21-13-12-19-6-5-7-20-15-17-24(23)30(21)29(19)20/h3-7,10-13,15,17-18,21-24,30,34H,1-2,8-9,14,16H2. The maximum atomic E-state index is 10.6. The lowest BCUT2D eigenvalue weighted by Crippen LogP contribution is -2.34. The van der Waals surface area contributed by atoms with Crippen LogP contribution >= 0.6 is 0 Å². The highest BCUT2D eigenvalue weighted by molar-refractivity contribution is 5.70. The molecule has 0 saturated heterocycles. The summed E-state index contributed by atoms with van der Waals surface area (Å²) in [4.78, 5) is 9.85. The molecule has 4 unspecified atom stereocenters. The minimum absolute atomic E-state index is 0.203. The second-order valence-corrected chi connectivity index (χ2v) is 10.5. The van der Waals surface area contributed by atoms with Crippen molar-refractivity contribution in [1.29, 1.82) is 0 Å². The number of benzene rings is 2. The number of hydrogen-bond acceptors (Lipinski definition) is 4. The van der Waals surface area contributed by atoms with Crippen molar-refractivity contribution >= 4 is 12.2 Å². The van der Waals surface area contributed by atoms with Gasteiger partial charge in [0.15, 0.2) is 5.82 Å². The molecule has 4 heteroatoms. The van der Waals surface area contributed by atoms with E-state index in [9.17, 15) is 5.11 Å². The fourth-order valence-corrected chi connectivity index (χ4v) is 6.87. The van der Waals surface area contributed by atoms with Crippen LogP contribution in [0.2, 0.25) is 0 Å². The summed E-state index contributed by atoms with van der Waals surface area (Å²) in [5, 5.41) is 10.6. The number of para-hydroxylation sites is 1. The topological polar surface area (TPSA) is 55.2 Å². The summed E-state index contributed by atoms with van der Waals surface area (Å²) < 4.78 is 6.39. The van der Waals surface area contributed by atoms with Gasteiger partial charge in [0.2, 0.25) is 5.88 Å². The summed E-state index contributed by atoms with van der Waals surface area (Å²) in [5.41, 5.74) is 5.93. The molecular weight excluding hydrogens is 432 g/mol. The van der Waals surface area contributed by atoms with Crippen LogP contribution in [0, 0.1) is 11.8 Å². The van der Waals surface area contributed by atoms with E-state index in [1.807, 2.05) is 18.2 Å². The lowest BCUT2D eigenvalue weighted by Gasteiger charge is -2.45. The number of rotatable bonds is 4. The van der Waals surface area contributed by atoms with Gasteiger partial charge in [0, 0.05) is 12.0 Å². The van der Waals surface area contributed by atoms with Gasteiger partial charge in [0.1, 0.15) is 11.9 Å². The first-order valence-corrected chi connectivity index (χ1v) is 13.1. The molecule has 2 saturated carbocycles. The molecule has 4 atom stereocenters. The third-order valence-corrected chi connectivity index (χ3v) is 8.52. The lowest BCUT2D eigenvalue weighted by molar-refractivity contribution is 0.200. The van der Waals surface area contributed by atoms with Gasteiger partial charge in [-0.15, -0.1) is 0 Å². The zero-order valence-corrected chi connectivity index (χ0v) is 19.8. The van der Waals surface area contributed by atoms with Crippen LogP contribution in [0.25, 0.3) is 23.5 Å². The van der Waals surface area contributed by atoms with E-state index in [1.54, 1.807) is 6.07 Å². The molecule has 1 heterocycles. The Kier molecular flexibility index (Phi) is 5.00. The highest BCUT2D eigenvalue weighted by Gasteiger charge is 2.43. The zero-order chi connectivity index (χ0) is 23.4. The van der Waals surface area contributed by atoms with Gasteiger partial charge in [-0.3, -0.25) is 0 Å². The van der Waals surface area contributed by atoms with Crippen molar-refractivity contribution in [3.63, 3.8) is 0 Å². The zero-order valence-electron chi connectivity index (χ0n) is 19.8. The summed E-state index contributed by atoms with van der Waals surface area (Å²) in [6.45, 7) is 0. The van der Waals surface area contributed by atoms with Gasteiger partial charge >= 0.3 is 0 Å². The Morgan fingerprint density at radius 3 is 2.46 bits per heavy atom. The highest BCUT2D eigenvalue weighted by Crippen LogP contribution is 2.55. The van der Waals surface area contributed by atoms with E-state index in [0.717, 1.165) is 31.4 Å². The summed E-state index contributed by atoms with van der Waals surface area (Å²) in [7, 11) is 0. The Bertz CT molecular complexity index is 1340. The van der Waals surface area contributed by atoms with E-state index >= 15 is 0 Å². The summed E-state index contributed by atoms with van der Waals surface area (Å²) in [6, 6.07) is 16.1. The van der Waals surface area contributed by atoms with E-state index in [0.29, 0.717) is 40.9 Å². The molecule has 0 bridgehead atoms. The molecule has 4 aliphatic carbocycles. The quantitative estimate of drug-likeness (QED) is 0.449. The highest BCUT2D eigenvalue weighted by atomic mass is 16.5. The molecule has 4 nitrogen and oxygen atoms in total. The van der Waals surface area contributed by atoms with Crippen LogP contribution in [0.3, 0.4) is 0 Å². The molecule has 35 heavy (non-hydrogen) atoms. The third kappa shape index (κ3) is 3.58. The molecule has 7 rings (SSSR count). The maximum absolute atomic E-state index is 10.6. The van der Waals surface area contributed by atoms with Crippen LogP contribution in [0.5, 0.6) is 11.6 Å². The van der Waals surface area contributed by atoms with Crippen LogP contribution in [0.15, 0.2) is 60.7 Å². The molecule has 2 aromatic carbocycles. The number of nitrogens with zero attached hydrogens (tertiary/aromatic N) is 2. The number of phenolic OH excluding ortho intramolecular Hbond substituents is 1. The van der Waals surface area contributed by atoms with Gasteiger partial charge in [0.05, 0.1) is 11.3 Å². The Balaban J connectivity index is 1.32. The fourth-order valence-electron chi connectivity index (χ4n) is 6.87. The molecule has 176 valence electrons. The fraction of sp³-hybridized carbons (Fsp3) is 0.355. The second-order valence-electron chi connectivity index (χ2n) is 10.5. The SMILES string of the molecule is Oc1ccccc1-c1nc(OC2CCCC2)cc(C2CCC3C=Cc4cccc5c4C3C2C=C5)n1. The molecule has 1 aromatic heterocycles. The molecule has 0 aliphatic heterocycles. The summed E-state index contributed by atoms with van der Waals surface area (Å²) in [5.74, 6) is 3.14. The van der Waals surface area contributed by atoms with Crippen molar-refractivity contribution in [1.82, 2.24) is 9.97 Å². The summed E-state index contributed by atoms with van der Waals surface area (Å²) >= 11 is 0. The molecule has 4 aliphatic rings. The van der Waals surface area contributed by atoms with Gasteiger partial charge in [-0.1, -0.05) is 54.6 Å². The predicted octanol–water partition coefficient (Wildman–Crippen LogP) is 7.12. The van der Waals surface area contributed by atoms with Gasteiger partial charge in [-0.2, -0.15) is 4.98 Å². The van der Waals surface area contributed by atoms with E-state index in [1.165, 1.54) is 29.5 Å². The van der Waals surface area contributed by atoms with Gasteiger partial charge in [0.25, 0.3) is 0 Å². The van der Waals surface area contributed by atoms with E-state index in [4.69, 9.17) is 14.7 Å². The van der Waals surface area contributed by atoms with Gasteiger partial charge in [-0.05, 0) is 85.1 Å². The number of hydrogen-bond donors (Lipinski definition) is 1. The van der Waals surface area contributed by atoms with Crippen LogP contribution in [0.1, 0.15) is 72.7 Å². The van der Waals surface area contributed by atoms with E-state index in [2.05, 4.69) is 48.6 Å². The van der Waals surface area contributed by atoms with Crippen molar-refractivity contribution in [3.8, 4) is 23.0 Å². The number of phenols is 1. The van der Waals surface area contributed by atoms with Crippen molar-refractivity contribution in [2.45, 2.75) is 56.5 Å². The van der Waals surface area contributed by atoms with E-state index < -0.39 is 0 Å². The minimum Gasteiger partial charge on any atom is -0.507 e. The van der Waals surface area contributed by atoms with E-state index in [-0.39, 0.29) is 11.9 Å². The van der Waals surface area contributed by atoms with Crippen molar-refractivity contribution in [3.05, 3.63) is 83.1 Å². The first-order chi connectivity index (χ1) is 17.2. The molecule has 0 spiro atoms. The summed E-state index contributed by atoms with van der Waals surface area (Å²) in [6.07, 6.45) is 16.5. The van der Waals surface area contributed by atoms with Crippen LogP contribution in [-0.4, -0.2) is 21.2 Å². The first kappa shape index (κ1) is 20.9. The van der Waals surface area contributed by atoms with Crippen LogP contribution < -0.4 is 4.74 Å². The largest absolute Gasteiger partial charge is 0.507 e. The number of aromatic hydroxyl groups is 1. The first-order valence-electron chi connectivity index (χ1n) is 13.1. The number of aromatic nitrogens is 2. The van der Waals surface area contributed by atoms with Crippen LogP contribution in [0.4, 0.5) is 0 Å². The average Bonchev–Trinajstić information content (AvgIpc) is 3.40. The molecule has 0 radical (unpaired) electrons. The third-order valence-electron chi connectivity index (χ3n) is 8.52. The van der Waals surface area contributed by atoms with Crippen molar-refractivity contribution < 1.29 is 9.84 Å². The number of ether oxygens (including phenoxy) is 1. The van der Waals surface area contributed by atoms with Crippen LogP contribution in [-0.2, 0) is 0 Å². The van der Waals surface area contributed by atoms with Gasteiger partial charge < -0.3 is 9.84 Å². The Morgan fingerprint density at radius 1 is 0.829 bits per heavy atom. The molecule has 1 N–H and O–H groups in total. The average molecular weight is 463 g/mol. The Labute approximate surface area is 206 Å². The Hall–Kier alpha value is -3.40. The molecule has 3 aromatic rings. The molecule has 2 fully saturated rings. The molecule has 0 amide bonds. The molecular formula is C31H30N2O2. The normalized spacial score (nSPS) is 26.5. The monoisotopic (exact) mass is 462 g/mol. The maximum Gasteiger partial charge on any atom is 0.217 e. The second kappa shape index (κ2) is 8.37. The number of allylic oxidation sites excluding steroid dienone is 2. The van der Waals surface area contributed by atoms with Crippen molar-refractivity contribution in [2.24, 2.45) is 11.8 Å². The minimum atomic E-state index is 0.203. The van der Waals surface area contributed by atoms with Gasteiger partial charge in [-0.25, -0.2) is 4.98 Å². The van der Waals surface area contributed by atoms with Crippen molar-refractivity contribution in [2.75, 3.05) is 0 Å². The predicted molar refractivity (Wildman–Crippen MR) is 138 cm³/mol. The smallest absolute Gasteiger partial charge is 0.217 e. The Morgan fingerprint density at radius 2 is 1.63 bits per heavy atom.